The van der Waals surface area contributed by atoms with Crippen molar-refractivity contribution in [3.8, 4) is 17.3 Å². The molecule has 1 N–H and O–H groups in total. The van der Waals surface area contributed by atoms with Gasteiger partial charge in [-0.05, 0) is 31.0 Å². The van der Waals surface area contributed by atoms with Crippen molar-refractivity contribution in [2.24, 2.45) is 5.92 Å². The third-order valence-corrected chi connectivity index (χ3v) is 7.17. The van der Waals surface area contributed by atoms with Gasteiger partial charge in [0.25, 0.3) is 6.01 Å². The van der Waals surface area contributed by atoms with Crippen molar-refractivity contribution in [2.75, 3.05) is 44.3 Å². The number of H-pyrrole nitrogens is 1. The number of benzene rings is 1. The lowest BCUT2D eigenvalue weighted by molar-refractivity contribution is -0.134. The third kappa shape index (κ3) is 4.44. The number of ether oxygens (including phenoxy) is 2. The van der Waals surface area contributed by atoms with Gasteiger partial charge in [-0.3, -0.25) is 4.79 Å². The summed E-state index contributed by atoms with van der Waals surface area (Å²) in [5.41, 5.74) is 4.14. The number of imidazole rings is 1. The number of likely N-dealkylation sites (tertiary alicyclic amines) is 1. The molecule has 34 heavy (non-hydrogen) atoms. The second kappa shape index (κ2) is 9.07. The van der Waals surface area contributed by atoms with Gasteiger partial charge in [0.1, 0.15) is 6.10 Å². The van der Waals surface area contributed by atoms with Gasteiger partial charge >= 0.3 is 0 Å². The molecule has 1 aliphatic carbocycles. The van der Waals surface area contributed by atoms with Crippen LogP contribution in [-0.2, 0) is 9.53 Å². The van der Waals surface area contributed by atoms with E-state index < -0.39 is 0 Å². The molecule has 178 valence electrons. The molecule has 9 heteroatoms. The Morgan fingerprint density at radius 1 is 1.03 bits per heavy atom. The van der Waals surface area contributed by atoms with Gasteiger partial charge in [-0.25, -0.2) is 4.98 Å². The summed E-state index contributed by atoms with van der Waals surface area (Å²) in [6, 6.07) is 10.6. The Morgan fingerprint density at radius 2 is 1.76 bits per heavy atom. The molecule has 2 aliphatic heterocycles. The van der Waals surface area contributed by atoms with Crippen LogP contribution in [0, 0.1) is 5.92 Å². The van der Waals surface area contributed by atoms with Crippen molar-refractivity contribution in [1.29, 1.82) is 0 Å². The van der Waals surface area contributed by atoms with Crippen molar-refractivity contribution in [3.63, 3.8) is 0 Å². The average molecular weight is 482 g/mol. The summed E-state index contributed by atoms with van der Waals surface area (Å²) in [4.78, 5) is 29.0. The van der Waals surface area contributed by atoms with E-state index in [0.29, 0.717) is 28.3 Å². The first-order valence-electron chi connectivity index (χ1n) is 12.1. The molecule has 0 bridgehead atoms. The van der Waals surface area contributed by atoms with Crippen LogP contribution >= 0.6 is 11.6 Å². The van der Waals surface area contributed by atoms with Gasteiger partial charge in [0.2, 0.25) is 5.91 Å². The number of anilines is 1. The molecule has 3 fully saturated rings. The highest BCUT2D eigenvalue weighted by molar-refractivity contribution is 6.33. The lowest BCUT2D eigenvalue weighted by Crippen LogP contribution is -2.42. The number of nitrogens with one attached hydrogen (secondary N) is 1. The minimum absolute atomic E-state index is 0.0338. The summed E-state index contributed by atoms with van der Waals surface area (Å²) in [5.74, 6) is 0.583. The van der Waals surface area contributed by atoms with Crippen molar-refractivity contribution in [1.82, 2.24) is 19.9 Å². The molecule has 0 spiro atoms. The van der Waals surface area contributed by atoms with E-state index in [1.165, 1.54) is 5.69 Å². The van der Waals surface area contributed by atoms with Gasteiger partial charge in [0.05, 0.1) is 29.4 Å². The number of hydrogen-bond donors (Lipinski definition) is 1. The second-order valence-electron chi connectivity index (χ2n) is 9.29. The first-order valence-corrected chi connectivity index (χ1v) is 12.5. The van der Waals surface area contributed by atoms with Gasteiger partial charge < -0.3 is 24.3 Å². The van der Waals surface area contributed by atoms with E-state index >= 15 is 0 Å². The van der Waals surface area contributed by atoms with Crippen LogP contribution < -0.4 is 9.64 Å². The summed E-state index contributed by atoms with van der Waals surface area (Å²) >= 11 is 6.59. The van der Waals surface area contributed by atoms with E-state index in [1.54, 1.807) is 0 Å². The highest BCUT2D eigenvalue weighted by Crippen LogP contribution is 2.33. The molecule has 0 unspecified atom stereocenters. The molecule has 4 heterocycles. The summed E-state index contributed by atoms with van der Waals surface area (Å²) in [6.45, 7) is 4.80. The van der Waals surface area contributed by atoms with Crippen molar-refractivity contribution >= 4 is 34.4 Å². The van der Waals surface area contributed by atoms with Crippen molar-refractivity contribution in [3.05, 3.63) is 35.4 Å². The quantitative estimate of drug-likeness (QED) is 0.595. The fraction of sp³-hybridized carbons (Fsp3) is 0.480. The molecule has 3 aliphatic rings. The zero-order valence-corrected chi connectivity index (χ0v) is 19.8. The maximum Gasteiger partial charge on any atom is 0.296 e. The maximum absolute atomic E-state index is 12.3. The molecule has 0 radical (unpaired) electrons. The minimum atomic E-state index is 0.0338. The Kier molecular flexibility index (Phi) is 5.79. The van der Waals surface area contributed by atoms with E-state index in [0.717, 1.165) is 76.2 Å². The smallest absolute Gasteiger partial charge is 0.296 e. The van der Waals surface area contributed by atoms with E-state index in [1.807, 2.05) is 23.1 Å². The molecule has 2 aromatic heterocycles. The van der Waals surface area contributed by atoms with Gasteiger partial charge in [-0.1, -0.05) is 23.7 Å². The van der Waals surface area contributed by atoms with Gasteiger partial charge in [0, 0.05) is 56.2 Å². The van der Waals surface area contributed by atoms with Crippen LogP contribution in [0.3, 0.4) is 0 Å². The third-order valence-electron chi connectivity index (χ3n) is 6.88. The highest BCUT2D eigenvalue weighted by Gasteiger charge is 2.35. The minimum Gasteiger partial charge on any atom is -0.461 e. The standard InChI is InChI=1S/C25H28ClN5O3/c26-20-15-21-23(28-22(20)16-3-5-18(6-4-16)30-11-13-33-14-12-30)29-25(27-21)34-19-7-9-31(10-8-19)24(32)17-1-2-17/h3-6,15,17,19H,1-2,7-14H2,(H,27,28,29). The number of pyridine rings is 1. The number of nitrogens with zero attached hydrogens (tertiary/aromatic N) is 4. The summed E-state index contributed by atoms with van der Waals surface area (Å²) < 4.78 is 11.6. The monoisotopic (exact) mass is 481 g/mol. The first kappa shape index (κ1) is 21.7. The predicted molar refractivity (Wildman–Crippen MR) is 130 cm³/mol. The Hall–Kier alpha value is -2.84. The zero-order chi connectivity index (χ0) is 23.1. The summed E-state index contributed by atoms with van der Waals surface area (Å²) in [6.07, 6.45) is 3.74. The van der Waals surface area contributed by atoms with Crippen molar-refractivity contribution in [2.45, 2.75) is 31.8 Å². The molecule has 1 saturated carbocycles. The maximum atomic E-state index is 12.3. The zero-order valence-electron chi connectivity index (χ0n) is 19.0. The lowest BCUT2D eigenvalue weighted by Gasteiger charge is -2.31. The van der Waals surface area contributed by atoms with E-state index in [9.17, 15) is 4.79 Å². The Labute approximate surface area is 203 Å². The lowest BCUT2D eigenvalue weighted by atomic mass is 10.1. The molecule has 8 nitrogen and oxygen atoms in total. The van der Waals surface area contributed by atoms with Crippen LogP contribution in [-0.4, -0.2) is 71.3 Å². The molecular weight excluding hydrogens is 454 g/mol. The highest BCUT2D eigenvalue weighted by atomic mass is 35.5. The Balaban J connectivity index is 1.14. The van der Waals surface area contributed by atoms with Gasteiger partial charge in [-0.2, -0.15) is 4.98 Å². The van der Waals surface area contributed by atoms with Crippen LogP contribution in [0.25, 0.3) is 22.4 Å². The van der Waals surface area contributed by atoms with E-state index in [4.69, 9.17) is 26.1 Å². The number of rotatable bonds is 5. The van der Waals surface area contributed by atoms with Crippen LogP contribution in [0.4, 0.5) is 5.69 Å². The molecule has 1 aromatic carbocycles. The second-order valence-corrected chi connectivity index (χ2v) is 9.70. The number of aromatic nitrogens is 3. The number of aromatic amines is 1. The molecule has 1 amide bonds. The van der Waals surface area contributed by atoms with Crippen LogP contribution in [0.1, 0.15) is 25.7 Å². The van der Waals surface area contributed by atoms with E-state index in [-0.39, 0.29) is 12.0 Å². The summed E-state index contributed by atoms with van der Waals surface area (Å²) in [5, 5.41) is 0.564. The van der Waals surface area contributed by atoms with Gasteiger partial charge in [0.15, 0.2) is 5.65 Å². The average Bonchev–Trinajstić information content (AvgIpc) is 3.65. The van der Waals surface area contributed by atoms with Crippen molar-refractivity contribution < 1.29 is 14.3 Å². The van der Waals surface area contributed by atoms with E-state index in [2.05, 4.69) is 27.0 Å². The fourth-order valence-electron chi connectivity index (χ4n) is 4.75. The fourth-order valence-corrected chi connectivity index (χ4v) is 5.01. The number of halogens is 1. The number of carbonyl (C=O) groups excluding carboxylic acids is 1. The topological polar surface area (TPSA) is 83.6 Å². The molecule has 6 rings (SSSR count). The SMILES string of the molecule is O=C(C1CC1)N1CCC(Oc2nc3nc(-c4ccc(N5CCOCC5)cc4)c(Cl)cc3[nH]2)CC1. The molecule has 3 aromatic rings. The van der Waals surface area contributed by atoms with Crippen LogP contribution in [0.2, 0.25) is 5.02 Å². The molecular formula is C25H28ClN5O3. The Bertz CT molecular complexity index is 1180. The number of amides is 1. The van der Waals surface area contributed by atoms with Crippen LogP contribution in [0.5, 0.6) is 6.01 Å². The Morgan fingerprint density at radius 3 is 2.47 bits per heavy atom. The number of carbonyl (C=O) groups is 1. The molecule has 0 atom stereocenters. The first-order chi connectivity index (χ1) is 16.6. The predicted octanol–water partition coefficient (Wildman–Crippen LogP) is 3.89. The number of fused-ring (bicyclic) bond motifs is 1. The number of hydrogen-bond acceptors (Lipinski definition) is 6. The summed E-state index contributed by atoms with van der Waals surface area (Å²) in [7, 11) is 0. The van der Waals surface area contributed by atoms with Crippen LogP contribution in [0.15, 0.2) is 30.3 Å². The molecule has 2 saturated heterocycles. The normalized spacial score (nSPS) is 19.6. The van der Waals surface area contributed by atoms with Gasteiger partial charge in [-0.15, -0.1) is 0 Å². The largest absolute Gasteiger partial charge is 0.461 e. The number of morpholine rings is 1. The number of piperidine rings is 1.